The quantitative estimate of drug-likeness (QED) is 0.753. The first kappa shape index (κ1) is 13.3. The zero-order valence-corrected chi connectivity index (χ0v) is 10.5. The van der Waals surface area contributed by atoms with Crippen molar-refractivity contribution in [2.75, 3.05) is 18.6 Å². The maximum absolute atomic E-state index is 12.8. The van der Waals surface area contributed by atoms with Crippen molar-refractivity contribution in [3.05, 3.63) is 29.6 Å². The Morgan fingerprint density at radius 1 is 1.50 bits per heavy atom. The molecular formula is C12H18FNOS. The molecule has 1 aromatic carbocycles. The van der Waals surface area contributed by atoms with Crippen molar-refractivity contribution in [3.8, 4) is 5.75 Å². The molecule has 0 aliphatic heterocycles. The van der Waals surface area contributed by atoms with Crippen molar-refractivity contribution in [2.24, 2.45) is 0 Å². The average Bonchev–Trinajstić information content (AvgIpc) is 2.24. The number of phenols is 1. The normalized spacial score (nSPS) is 12.7. The van der Waals surface area contributed by atoms with Gasteiger partial charge < -0.3 is 10.4 Å². The van der Waals surface area contributed by atoms with E-state index in [9.17, 15) is 9.50 Å². The summed E-state index contributed by atoms with van der Waals surface area (Å²) >= 11 is 1.82. The molecule has 0 fully saturated rings. The molecule has 4 heteroatoms. The number of hydrogen-bond donors (Lipinski definition) is 2. The van der Waals surface area contributed by atoms with Crippen LogP contribution in [-0.4, -0.2) is 23.7 Å². The molecule has 0 radical (unpaired) electrons. The summed E-state index contributed by atoms with van der Waals surface area (Å²) in [5.41, 5.74) is 0.741. The third-order valence-electron chi connectivity index (χ3n) is 2.43. The Kier molecular flexibility index (Phi) is 5.63. The molecule has 0 aliphatic carbocycles. The Morgan fingerprint density at radius 2 is 2.25 bits per heavy atom. The molecule has 0 saturated heterocycles. The van der Waals surface area contributed by atoms with Gasteiger partial charge in [0.25, 0.3) is 0 Å². The number of thioether (sulfide) groups is 1. The van der Waals surface area contributed by atoms with E-state index in [-0.39, 0.29) is 11.8 Å². The Balaban J connectivity index is 2.49. The summed E-state index contributed by atoms with van der Waals surface area (Å²) in [4.78, 5) is 0. The molecule has 16 heavy (non-hydrogen) atoms. The standard InChI is InChI=1S/C12H18FNOS/c1-9(14-6-3-7-16-2)11-5-4-10(13)8-12(11)15/h4-5,8-9,14-15H,3,6-7H2,1-2H3. The summed E-state index contributed by atoms with van der Waals surface area (Å²) in [6, 6.07) is 4.18. The van der Waals surface area contributed by atoms with Crippen LogP contribution in [0.5, 0.6) is 5.75 Å². The fraction of sp³-hybridized carbons (Fsp3) is 0.500. The van der Waals surface area contributed by atoms with Crippen LogP contribution in [0, 0.1) is 5.82 Å². The predicted molar refractivity (Wildman–Crippen MR) is 67.5 cm³/mol. The summed E-state index contributed by atoms with van der Waals surface area (Å²) in [7, 11) is 0. The molecule has 0 spiro atoms. The summed E-state index contributed by atoms with van der Waals surface area (Å²) in [5, 5.41) is 12.9. The number of rotatable bonds is 6. The van der Waals surface area contributed by atoms with Gasteiger partial charge >= 0.3 is 0 Å². The van der Waals surface area contributed by atoms with Crippen LogP contribution < -0.4 is 5.32 Å². The minimum Gasteiger partial charge on any atom is -0.508 e. The van der Waals surface area contributed by atoms with Crippen molar-refractivity contribution >= 4 is 11.8 Å². The van der Waals surface area contributed by atoms with E-state index >= 15 is 0 Å². The van der Waals surface area contributed by atoms with Gasteiger partial charge in [-0.05, 0) is 38.0 Å². The monoisotopic (exact) mass is 243 g/mol. The number of hydrogen-bond acceptors (Lipinski definition) is 3. The maximum Gasteiger partial charge on any atom is 0.126 e. The van der Waals surface area contributed by atoms with Crippen LogP contribution in [0.1, 0.15) is 24.9 Å². The van der Waals surface area contributed by atoms with E-state index in [1.165, 1.54) is 6.07 Å². The summed E-state index contributed by atoms with van der Waals surface area (Å²) < 4.78 is 12.8. The fourth-order valence-electron chi connectivity index (χ4n) is 1.53. The highest BCUT2D eigenvalue weighted by atomic mass is 32.2. The van der Waals surface area contributed by atoms with E-state index in [2.05, 4.69) is 11.6 Å². The Labute approximate surface area is 100 Å². The fourth-order valence-corrected chi connectivity index (χ4v) is 1.96. The van der Waals surface area contributed by atoms with Gasteiger partial charge in [-0.1, -0.05) is 6.07 Å². The molecule has 0 aromatic heterocycles. The van der Waals surface area contributed by atoms with Gasteiger partial charge in [-0.2, -0.15) is 11.8 Å². The van der Waals surface area contributed by atoms with Gasteiger partial charge in [0.1, 0.15) is 11.6 Å². The van der Waals surface area contributed by atoms with Crippen molar-refractivity contribution in [1.29, 1.82) is 0 Å². The Bertz CT molecular complexity index is 333. The number of halogens is 1. The smallest absolute Gasteiger partial charge is 0.126 e. The van der Waals surface area contributed by atoms with Crippen molar-refractivity contribution in [3.63, 3.8) is 0 Å². The number of nitrogens with one attached hydrogen (secondary N) is 1. The van der Waals surface area contributed by atoms with Gasteiger partial charge in [-0.15, -0.1) is 0 Å². The first-order valence-electron chi connectivity index (χ1n) is 5.36. The van der Waals surface area contributed by atoms with Crippen LogP contribution in [-0.2, 0) is 0 Å². The summed E-state index contributed by atoms with van der Waals surface area (Å²) in [6.45, 7) is 2.87. The lowest BCUT2D eigenvalue weighted by Crippen LogP contribution is -2.20. The van der Waals surface area contributed by atoms with E-state index in [4.69, 9.17) is 0 Å². The topological polar surface area (TPSA) is 32.3 Å². The van der Waals surface area contributed by atoms with Crippen LogP contribution >= 0.6 is 11.8 Å². The zero-order valence-electron chi connectivity index (χ0n) is 9.66. The SMILES string of the molecule is CSCCCNC(C)c1ccc(F)cc1O. The van der Waals surface area contributed by atoms with Gasteiger partial charge in [-0.3, -0.25) is 0 Å². The second kappa shape index (κ2) is 6.76. The van der Waals surface area contributed by atoms with Crippen LogP contribution in [0.25, 0.3) is 0 Å². The number of benzene rings is 1. The Hall–Kier alpha value is -0.740. The van der Waals surface area contributed by atoms with Crippen molar-refractivity contribution in [2.45, 2.75) is 19.4 Å². The van der Waals surface area contributed by atoms with Crippen LogP contribution in [0.4, 0.5) is 4.39 Å². The lowest BCUT2D eigenvalue weighted by Gasteiger charge is -2.15. The molecule has 1 aromatic rings. The zero-order chi connectivity index (χ0) is 12.0. The van der Waals surface area contributed by atoms with Gasteiger partial charge in [0, 0.05) is 17.7 Å². The summed E-state index contributed by atoms with van der Waals surface area (Å²) in [6.07, 6.45) is 3.17. The van der Waals surface area contributed by atoms with E-state index in [0.29, 0.717) is 0 Å². The highest BCUT2D eigenvalue weighted by molar-refractivity contribution is 7.98. The molecule has 0 bridgehead atoms. The van der Waals surface area contributed by atoms with E-state index < -0.39 is 5.82 Å². The highest BCUT2D eigenvalue weighted by Gasteiger charge is 2.09. The molecule has 1 unspecified atom stereocenters. The molecule has 0 heterocycles. The number of phenolic OH excluding ortho intramolecular Hbond substituents is 1. The van der Waals surface area contributed by atoms with Gasteiger partial charge in [0.15, 0.2) is 0 Å². The lowest BCUT2D eigenvalue weighted by molar-refractivity contribution is 0.447. The van der Waals surface area contributed by atoms with Crippen LogP contribution in [0.15, 0.2) is 18.2 Å². The molecular weight excluding hydrogens is 225 g/mol. The molecule has 2 N–H and O–H groups in total. The van der Waals surface area contributed by atoms with Gasteiger partial charge in [0.05, 0.1) is 0 Å². The lowest BCUT2D eigenvalue weighted by atomic mass is 10.1. The van der Waals surface area contributed by atoms with Gasteiger partial charge in [0.2, 0.25) is 0 Å². The van der Waals surface area contributed by atoms with Crippen LogP contribution in [0.2, 0.25) is 0 Å². The second-order valence-corrected chi connectivity index (χ2v) is 4.71. The molecule has 0 aliphatic rings. The van der Waals surface area contributed by atoms with Crippen molar-refractivity contribution < 1.29 is 9.50 Å². The first-order valence-corrected chi connectivity index (χ1v) is 6.75. The highest BCUT2D eigenvalue weighted by Crippen LogP contribution is 2.24. The molecule has 90 valence electrons. The van der Waals surface area contributed by atoms with Crippen molar-refractivity contribution in [1.82, 2.24) is 5.32 Å². The maximum atomic E-state index is 12.8. The van der Waals surface area contributed by atoms with Crippen LogP contribution in [0.3, 0.4) is 0 Å². The molecule has 1 rings (SSSR count). The van der Waals surface area contributed by atoms with E-state index in [0.717, 1.165) is 30.3 Å². The first-order chi connectivity index (χ1) is 7.65. The van der Waals surface area contributed by atoms with E-state index in [1.807, 2.05) is 18.7 Å². The van der Waals surface area contributed by atoms with Gasteiger partial charge in [-0.25, -0.2) is 4.39 Å². The summed E-state index contributed by atoms with van der Waals surface area (Å²) in [5.74, 6) is 0.732. The minimum absolute atomic E-state index is 0.0184. The molecule has 1 atom stereocenters. The van der Waals surface area contributed by atoms with E-state index in [1.54, 1.807) is 6.07 Å². The average molecular weight is 243 g/mol. The third kappa shape index (κ3) is 4.02. The minimum atomic E-state index is -0.407. The predicted octanol–water partition coefficient (Wildman–Crippen LogP) is 2.94. The molecule has 2 nitrogen and oxygen atoms in total. The third-order valence-corrected chi connectivity index (χ3v) is 3.13. The second-order valence-electron chi connectivity index (χ2n) is 3.73. The molecule has 0 saturated carbocycles. The Morgan fingerprint density at radius 3 is 2.88 bits per heavy atom. The molecule has 0 amide bonds. The number of aromatic hydroxyl groups is 1. The largest absolute Gasteiger partial charge is 0.508 e.